The van der Waals surface area contributed by atoms with Crippen molar-refractivity contribution in [3.63, 3.8) is 0 Å². The van der Waals surface area contributed by atoms with Gasteiger partial charge in [-0.05, 0) is 43.0 Å². The van der Waals surface area contributed by atoms with Gasteiger partial charge in [-0.3, -0.25) is 0 Å². The van der Waals surface area contributed by atoms with Crippen molar-refractivity contribution in [3.8, 4) is 0 Å². The van der Waals surface area contributed by atoms with Crippen LogP contribution in [0.25, 0.3) is 0 Å². The maximum atomic E-state index is 5.88. The van der Waals surface area contributed by atoms with E-state index in [2.05, 4.69) is 5.32 Å². The summed E-state index contributed by atoms with van der Waals surface area (Å²) in [6.07, 6.45) is 2.49. The van der Waals surface area contributed by atoms with Crippen LogP contribution in [0, 0.1) is 5.41 Å². The van der Waals surface area contributed by atoms with Crippen LogP contribution in [-0.4, -0.2) is 13.1 Å². The van der Waals surface area contributed by atoms with Gasteiger partial charge in [0, 0.05) is 17.3 Å². The molecule has 0 spiro atoms. The first kappa shape index (κ1) is 9.81. The Labute approximate surface area is 89.4 Å². The minimum absolute atomic E-state index is 0.363. The summed E-state index contributed by atoms with van der Waals surface area (Å²) < 4.78 is 0. The smallest absolute Gasteiger partial charge is 0.0426 e. The lowest BCUT2D eigenvalue weighted by Crippen LogP contribution is -2.24. The van der Waals surface area contributed by atoms with E-state index in [-0.39, 0.29) is 0 Å². The van der Waals surface area contributed by atoms with Crippen molar-refractivity contribution in [2.75, 3.05) is 18.4 Å². The number of nitrogens with one attached hydrogen (secondary N) is 1. The maximum absolute atomic E-state index is 5.88. The summed E-state index contributed by atoms with van der Waals surface area (Å²) in [5.41, 5.74) is 7.14. The van der Waals surface area contributed by atoms with Crippen molar-refractivity contribution in [1.29, 1.82) is 0 Å². The van der Waals surface area contributed by atoms with E-state index in [1.165, 1.54) is 12.8 Å². The molecular weight excluding hydrogens is 196 g/mol. The average Bonchev–Trinajstić information content (AvgIpc) is 2.96. The van der Waals surface area contributed by atoms with Gasteiger partial charge in [0.2, 0.25) is 0 Å². The maximum Gasteiger partial charge on any atom is 0.0426 e. The molecule has 0 heterocycles. The van der Waals surface area contributed by atoms with E-state index in [0.29, 0.717) is 5.41 Å². The number of halogens is 1. The number of hydrogen-bond donors (Lipinski definition) is 2. The van der Waals surface area contributed by atoms with Gasteiger partial charge in [0.1, 0.15) is 0 Å². The Morgan fingerprint density at radius 3 is 2.79 bits per heavy atom. The Kier molecular flexibility index (Phi) is 2.66. The van der Waals surface area contributed by atoms with Crippen molar-refractivity contribution in [2.24, 2.45) is 11.1 Å². The summed E-state index contributed by atoms with van der Waals surface area (Å²) in [6.45, 7) is 1.74. The fourth-order valence-corrected chi connectivity index (χ4v) is 1.71. The van der Waals surface area contributed by atoms with Crippen molar-refractivity contribution in [2.45, 2.75) is 12.8 Å². The first-order valence-corrected chi connectivity index (χ1v) is 5.31. The van der Waals surface area contributed by atoms with E-state index in [0.717, 1.165) is 23.8 Å². The topological polar surface area (TPSA) is 38.0 Å². The van der Waals surface area contributed by atoms with Crippen LogP contribution in [0.5, 0.6) is 0 Å². The molecule has 2 nitrogen and oxygen atoms in total. The molecule has 0 aliphatic heterocycles. The lowest BCUT2D eigenvalue weighted by molar-refractivity contribution is 0.556. The summed E-state index contributed by atoms with van der Waals surface area (Å²) in [5.74, 6) is 0. The molecule has 0 amide bonds. The molecule has 0 aromatic heterocycles. The van der Waals surface area contributed by atoms with Gasteiger partial charge in [-0.15, -0.1) is 0 Å². The normalized spacial score (nSPS) is 17.9. The van der Waals surface area contributed by atoms with Crippen LogP contribution in [0.15, 0.2) is 24.3 Å². The van der Waals surface area contributed by atoms with Crippen molar-refractivity contribution < 1.29 is 0 Å². The molecule has 76 valence electrons. The third-order valence-corrected chi connectivity index (χ3v) is 3.12. The predicted octanol–water partition coefficient (Wildman–Crippen LogP) is 2.49. The monoisotopic (exact) mass is 210 g/mol. The Bertz CT molecular complexity index is 321. The zero-order valence-corrected chi connectivity index (χ0v) is 8.85. The Balaban J connectivity index is 1.92. The highest BCUT2D eigenvalue weighted by molar-refractivity contribution is 6.30. The molecule has 1 aromatic carbocycles. The number of hydrogen-bond acceptors (Lipinski definition) is 2. The number of rotatable bonds is 4. The van der Waals surface area contributed by atoms with Crippen molar-refractivity contribution in [1.82, 2.24) is 0 Å². The van der Waals surface area contributed by atoms with Crippen molar-refractivity contribution in [3.05, 3.63) is 29.3 Å². The first-order valence-electron chi connectivity index (χ1n) is 4.94. The Hall–Kier alpha value is -0.730. The number of anilines is 1. The van der Waals surface area contributed by atoms with Gasteiger partial charge in [0.25, 0.3) is 0 Å². The molecule has 1 aliphatic rings. The fraction of sp³-hybridized carbons (Fsp3) is 0.455. The zero-order chi connectivity index (χ0) is 10.0. The van der Waals surface area contributed by atoms with Crippen molar-refractivity contribution >= 4 is 17.3 Å². The molecule has 0 atom stereocenters. The van der Waals surface area contributed by atoms with E-state index >= 15 is 0 Å². The molecule has 14 heavy (non-hydrogen) atoms. The van der Waals surface area contributed by atoms with Gasteiger partial charge in [0.05, 0.1) is 0 Å². The van der Waals surface area contributed by atoms with Crippen LogP contribution >= 0.6 is 11.6 Å². The molecule has 0 radical (unpaired) electrons. The standard InChI is InChI=1S/C11H15ClN2/c12-9-2-1-3-10(6-9)14-8-11(7-13)4-5-11/h1-3,6,14H,4-5,7-8,13H2. The lowest BCUT2D eigenvalue weighted by atomic mass is 10.1. The van der Waals surface area contributed by atoms with Crippen LogP contribution in [0.2, 0.25) is 5.02 Å². The highest BCUT2D eigenvalue weighted by Crippen LogP contribution is 2.44. The summed E-state index contributed by atoms with van der Waals surface area (Å²) in [7, 11) is 0. The molecule has 1 aliphatic carbocycles. The van der Waals surface area contributed by atoms with E-state index < -0.39 is 0 Å². The minimum atomic E-state index is 0.363. The van der Waals surface area contributed by atoms with Gasteiger partial charge in [-0.2, -0.15) is 0 Å². The molecule has 0 unspecified atom stereocenters. The van der Waals surface area contributed by atoms with Crippen LogP contribution in [0.4, 0.5) is 5.69 Å². The molecule has 1 saturated carbocycles. The number of nitrogens with two attached hydrogens (primary N) is 1. The SMILES string of the molecule is NCC1(CNc2cccc(Cl)c2)CC1. The third-order valence-electron chi connectivity index (χ3n) is 2.88. The second kappa shape index (κ2) is 3.79. The number of benzene rings is 1. The van der Waals surface area contributed by atoms with Gasteiger partial charge in [-0.1, -0.05) is 17.7 Å². The summed E-state index contributed by atoms with van der Waals surface area (Å²) in [6, 6.07) is 7.79. The molecule has 1 aromatic rings. The lowest BCUT2D eigenvalue weighted by Gasteiger charge is -2.14. The molecule has 1 fully saturated rings. The highest BCUT2D eigenvalue weighted by atomic mass is 35.5. The van der Waals surface area contributed by atoms with E-state index in [1.54, 1.807) is 0 Å². The van der Waals surface area contributed by atoms with Gasteiger partial charge >= 0.3 is 0 Å². The van der Waals surface area contributed by atoms with Crippen LogP contribution < -0.4 is 11.1 Å². The second-order valence-electron chi connectivity index (χ2n) is 4.07. The minimum Gasteiger partial charge on any atom is -0.384 e. The van der Waals surface area contributed by atoms with E-state index in [4.69, 9.17) is 17.3 Å². The summed E-state index contributed by atoms with van der Waals surface area (Å²) in [4.78, 5) is 0. The molecule has 0 saturated heterocycles. The molecule has 2 rings (SSSR count). The fourth-order valence-electron chi connectivity index (χ4n) is 1.52. The zero-order valence-electron chi connectivity index (χ0n) is 8.09. The summed E-state index contributed by atoms with van der Waals surface area (Å²) in [5, 5.41) is 4.15. The second-order valence-corrected chi connectivity index (χ2v) is 4.50. The Morgan fingerprint density at radius 1 is 1.43 bits per heavy atom. The van der Waals surface area contributed by atoms with E-state index in [1.807, 2.05) is 24.3 Å². The van der Waals surface area contributed by atoms with Gasteiger partial charge in [0.15, 0.2) is 0 Å². The first-order chi connectivity index (χ1) is 6.74. The average molecular weight is 211 g/mol. The molecular formula is C11H15ClN2. The molecule has 3 N–H and O–H groups in total. The molecule has 0 bridgehead atoms. The predicted molar refractivity (Wildman–Crippen MR) is 60.7 cm³/mol. The van der Waals surface area contributed by atoms with Crippen LogP contribution in [-0.2, 0) is 0 Å². The van der Waals surface area contributed by atoms with E-state index in [9.17, 15) is 0 Å². The van der Waals surface area contributed by atoms with Crippen LogP contribution in [0.1, 0.15) is 12.8 Å². The third kappa shape index (κ3) is 2.20. The Morgan fingerprint density at radius 2 is 2.21 bits per heavy atom. The van der Waals surface area contributed by atoms with Crippen LogP contribution in [0.3, 0.4) is 0 Å². The van der Waals surface area contributed by atoms with Gasteiger partial charge < -0.3 is 11.1 Å². The van der Waals surface area contributed by atoms with Gasteiger partial charge in [-0.25, -0.2) is 0 Å². The largest absolute Gasteiger partial charge is 0.384 e. The highest BCUT2D eigenvalue weighted by Gasteiger charge is 2.40. The quantitative estimate of drug-likeness (QED) is 0.802. The summed E-state index contributed by atoms with van der Waals surface area (Å²) >= 11 is 5.88. The molecule has 3 heteroatoms.